The summed E-state index contributed by atoms with van der Waals surface area (Å²) in [7, 11) is 0. The molecule has 0 spiro atoms. The van der Waals surface area contributed by atoms with Gasteiger partial charge in [-0.3, -0.25) is 0 Å². The van der Waals surface area contributed by atoms with Crippen molar-refractivity contribution in [2.45, 2.75) is 18.9 Å². The van der Waals surface area contributed by atoms with Crippen LogP contribution in [0.1, 0.15) is 12.8 Å². The van der Waals surface area contributed by atoms with Crippen molar-refractivity contribution in [2.75, 3.05) is 6.54 Å². The number of nitrogens with one attached hydrogen (secondary N) is 1. The first-order valence-electron chi connectivity index (χ1n) is 3.68. The fraction of sp³-hybridized carbons (Fsp3) is 1.00. The van der Waals surface area contributed by atoms with Gasteiger partial charge in [0.1, 0.15) is 0 Å². The minimum absolute atomic E-state index is 0.971. The molecule has 0 amide bonds. The van der Waals surface area contributed by atoms with E-state index in [0.717, 1.165) is 17.9 Å². The lowest BCUT2D eigenvalue weighted by Crippen LogP contribution is -2.51. The van der Waals surface area contributed by atoms with Gasteiger partial charge in [0.05, 0.1) is 0 Å². The van der Waals surface area contributed by atoms with Gasteiger partial charge in [-0.25, -0.2) is 0 Å². The SMILES string of the molecule is C1C2C[C@@H]3CNC1[C@H]23. The summed E-state index contributed by atoms with van der Waals surface area (Å²) < 4.78 is 0. The van der Waals surface area contributed by atoms with Gasteiger partial charge in [-0.1, -0.05) is 0 Å². The maximum absolute atomic E-state index is 3.55. The predicted molar refractivity (Wildman–Crippen MR) is 31.5 cm³/mol. The molecule has 3 aliphatic rings. The van der Waals surface area contributed by atoms with Gasteiger partial charge >= 0.3 is 0 Å². The van der Waals surface area contributed by atoms with Crippen molar-refractivity contribution >= 4 is 0 Å². The molecule has 1 aliphatic heterocycles. The summed E-state index contributed by atoms with van der Waals surface area (Å²) in [6.07, 6.45) is 3.05. The van der Waals surface area contributed by atoms with Crippen LogP contribution in [0.2, 0.25) is 0 Å². The average molecular weight is 109 g/mol. The second-order valence-electron chi connectivity index (χ2n) is 3.58. The van der Waals surface area contributed by atoms with Crippen LogP contribution < -0.4 is 5.32 Å². The van der Waals surface area contributed by atoms with E-state index in [1.54, 1.807) is 6.42 Å². The Labute approximate surface area is 49.5 Å². The average Bonchev–Trinajstić information content (AvgIpc) is 2.02. The van der Waals surface area contributed by atoms with E-state index >= 15 is 0 Å². The van der Waals surface area contributed by atoms with Crippen molar-refractivity contribution in [3.8, 4) is 0 Å². The van der Waals surface area contributed by atoms with Gasteiger partial charge in [-0.05, 0) is 37.1 Å². The van der Waals surface area contributed by atoms with Gasteiger partial charge in [-0.15, -0.1) is 0 Å². The third kappa shape index (κ3) is 0.235. The van der Waals surface area contributed by atoms with E-state index in [1.807, 2.05) is 0 Å². The number of hydrogen-bond donors (Lipinski definition) is 1. The first kappa shape index (κ1) is 3.89. The molecule has 0 aromatic rings. The molecule has 1 nitrogen and oxygen atoms in total. The Kier molecular flexibility index (Phi) is 0.472. The normalized spacial score (nSPS) is 66.0. The van der Waals surface area contributed by atoms with Gasteiger partial charge in [0, 0.05) is 6.04 Å². The van der Waals surface area contributed by atoms with Crippen LogP contribution in [0.25, 0.3) is 0 Å². The van der Waals surface area contributed by atoms with Crippen LogP contribution >= 0.6 is 0 Å². The Bertz CT molecular complexity index is 114. The second-order valence-corrected chi connectivity index (χ2v) is 3.58. The molecule has 4 atom stereocenters. The molecule has 8 heavy (non-hydrogen) atoms. The van der Waals surface area contributed by atoms with Gasteiger partial charge < -0.3 is 5.32 Å². The summed E-state index contributed by atoms with van der Waals surface area (Å²) in [5, 5.41) is 3.55. The molecule has 2 saturated carbocycles. The standard InChI is InChI=1S/C7H11N/c1-4-2-6-7(4)5(1)3-8-6/h4-8H,1-3H2/t4?,5-,6?,7-/m1/s1. The van der Waals surface area contributed by atoms with Crippen LogP contribution in [0.4, 0.5) is 0 Å². The van der Waals surface area contributed by atoms with E-state index in [9.17, 15) is 0 Å². The lowest BCUT2D eigenvalue weighted by molar-refractivity contribution is -0.00198. The minimum atomic E-state index is 0.971. The van der Waals surface area contributed by atoms with E-state index in [1.165, 1.54) is 18.9 Å². The quantitative estimate of drug-likeness (QED) is 0.480. The first-order chi connectivity index (χ1) is 3.95. The number of rotatable bonds is 0. The molecule has 1 heterocycles. The van der Waals surface area contributed by atoms with Crippen LogP contribution in [0.15, 0.2) is 0 Å². The van der Waals surface area contributed by atoms with Gasteiger partial charge in [0.2, 0.25) is 0 Å². The van der Waals surface area contributed by atoms with Crippen molar-refractivity contribution in [2.24, 2.45) is 17.8 Å². The van der Waals surface area contributed by atoms with E-state index in [2.05, 4.69) is 5.32 Å². The highest BCUT2D eigenvalue weighted by molar-refractivity contribution is 5.10. The fourth-order valence-electron chi connectivity index (χ4n) is 2.83. The Morgan fingerprint density at radius 1 is 1.12 bits per heavy atom. The van der Waals surface area contributed by atoms with Gasteiger partial charge in [0.25, 0.3) is 0 Å². The summed E-state index contributed by atoms with van der Waals surface area (Å²) in [6.45, 7) is 1.34. The zero-order valence-electron chi connectivity index (χ0n) is 4.93. The van der Waals surface area contributed by atoms with Crippen molar-refractivity contribution in [1.82, 2.24) is 5.32 Å². The molecule has 1 heteroatoms. The third-order valence-corrected chi connectivity index (χ3v) is 3.36. The van der Waals surface area contributed by atoms with E-state index in [-0.39, 0.29) is 0 Å². The van der Waals surface area contributed by atoms with E-state index < -0.39 is 0 Å². The zero-order chi connectivity index (χ0) is 5.14. The molecule has 2 aliphatic carbocycles. The van der Waals surface area contributed by atoms with Crippen molar-refractivity contribution in [3.05, 3.63) is 0 Å². The molecule has 44 valence electrons. The van der Waals surface area contributed by atoms with Gasteiger partial charge in [-0.2, -0.15) is 0 Å². The molecule has 0 aromatic heterocycles. The van der Waals surface area contributed by atoms with Crippen LogP contribution in [0, 0.1) is 17.8 Å². The summed E-state index contributed by atoms with van der Waals surface area (Å²) in [4.78, 5) is 0. The monoisotopic (exact) mass is 109 g/mol. The van der Waals surface area contributed by atoms with Crippen LogP contribution in [0.5, 0.6) is 0 Å². The lowest BCUT2D eigenvalue weighted by Gasteiger charge is -2.52. The first-order valence-corrected chi connectivity index (χ1v) is 3.68. The Hall–Kier alpha value is -0.0400. The third-order valence-electron chi connectivity index (χ3n) is 3.36. The van der Waals surface area contributed by atoms with Crippen molar-refractivity contribution < 1.29 is 0 Å². The van der Waals surface area contributed by atoms with E-state index in [0.29, 0.717) is 0 Å². The largest absolute Gasteiger partial charge is 0.313 e. The van der Waals surface area contributed by atoms with Crippen LogP contribution in [-0.2, 0) is 0 Å². The molecule has 1 saturated heterocycles. The topological polar surface area (TPSA) is 12.0 Å². The Morgan fingerprint density at radius 2 is 2.12 bits per heavy atom. The summed E-state index contributed by atoms with van der Waals surface area (Å²) >= 11 is 0. The highest BCUT2D eigenvalue weighted by Gasteiger charge is 2.57. The molecule has 0 bridgehead atoms. The summed E-state index contributed by atoms with van der Waals surface area (Å²) in [5.41, 5.74) is 0. The van der Waals surface area contributed by atoms with Gasteiger partial charge in [0.15, 0.2) is 0 Å². The number of hydrogen-bond acceptors (Lipinski definition) is 1. The maximum Gasteiger partial charge on any atom is 0.0104 e. The molecular weight excluding hydrogens is 98.1 g/mol. The lowest BCUT2D eigenvalue weighted by atomic mass is 9.53. The fourth-order valence-corrected chi connectivity index (χ4v) is 2.83. The molecule has 3 rings (SSSR count). The zero-order valence-corrected chi connectivity index (χ0v) is 4.93. The molecule has 0 aromatic carbocycles. The highest BCUT2D eigenvalue weighted by Crippen LogP contribution is 2.57. The molecule has 2 unspecified atom stereocenters. The predicted octanol–water partition coefficient (Wildman–Crippen LogP) is 0.614. The Morgan fingerprint density at radius 3 is 2.75 bits per heavy atom. The van der Waals surface area contributed by atoms with Crippen molar-refractivity contribution in [1.29, 1.82) is 0 Å². The maximum atomic E-state index is 3.55. The Balaban J connectivity index is 1.96. The summed E-state index contributed by atoms with van der Waals surface area (Å²) in [6, 6.07) is 0.971. The van der Waals surface area contributed by atoms with Crippen LogP contribution in [-0.4, -0.2) is 12.6 Å². The molecular formula is C7H11N. The summed E-state index contributed by atoms with van der Waals surface area (Å²) in [5.74, 6) is 3.42. The smallest absolute Gasteiger partial charge is 0.0104 e. The molecule has 0 radical (unpaired) electrons. The van der Waals surface area contributed by atoms with Crippen molar-refractivity contribution in [3.63, 3.8) is 0 Å². The highest BCUT2D eigenvalue weighted by atomic mass is 15.0. The molecule has 1 N–H and O–H groups in total. The van der Waals surface area contributed by atoms with Crippen LogP contribution in [0.3, 0.4) is 0 Å². The molecule has 3 fully saturated rings. The van der Waals surface area contributed by atoms with E-state index in [4.69, 9.17) is 0 Å². The second kappa shape index (κ2) is 0.971. The minimum Gasteiger partial charge on any atom is -0.313 e.